The minimum atomic E-state index is 0.462. The van der Waals surface area contributed by atoms with E-state index in [1.807, 2.05) is 0 Å². The third-order valence-corrected chi connectivity index (χ3v) is 4.42. The predicted octanol–water partition coefficient (Wildman–Crippen LogP) is 4.70. The van der Waals surface area contributed by atoms with Gasteiger partial charge in [-0.3, -0.25) is 0 Å². The molecule has 0 spiro atoms. The highest BCUT2D eigenvalue weighted by atomic mass is 14.9. The Kier molecular flexibility index (Phi) is 5.25. The summed E-state index contributed by atoms with van der Waals surface area (Å²) >= 11 is 0. The van der Waals surface area contributed by atoms with Gasteiger partial charge >= 0.3 is 0 Å². The maximum atomic E-state index is 3.79. The molecule has 2 rings (SSSR count). The number of hydrogen-bond acceptors (Lipinski definition) is 1. The van der Waals surface area contributed by atoms with Crippen LogP contribution >= 0.6 is 0 Å². The topological polar surface area (TPSA) is 12.0 Å². The lowest BCUT2D eigenvalue weighted by Gasteiger charge is -2.27. The van der Waals surface area contributed by atoms with Crippen LogP contribution in [0.1, 0.15) is 64.0 Å². The highest BCUT2D eigenvalue weighted by Crippen LogP contribution is 2.26. The highest BCUT2D eigenvalue weighted by molar-refractivity contribution is 5.18. The molecule has 1 aromatic rings. The second kappa shape index (κ2) is 6.94. The number of benzene rings is 1. The highest BCUT2D eigenvalue weighted by Gasteiger charge is 2.20. The van der Waals surface area contributed by atoms with Crippen molar-refractivity contribution in [2.75, 3.05) is 0 Å². The summed E-state index contributed by atoms with van der Waals surface area (Å²) in [6.07, 6.45) is 8.56. The first kappa shape index (κ1) is 13.6. The van der Waals surface area contributed by atoms with Crippen molar-refractivity contribution >= 4 is 0 Å². The summed E-state index contributed by atoms with van der Waals surface area (Å²) in [6.45, 7) is 4.65. The molecule has 1 saturated carbocycles. The van der Waals surface area contributed by atoms with Gasteiger partial charge in [-0.05, 0) is 38.2 Å². The molecule has 1 heteroatoms. The Bertz CT molecular complexity index is 325. The molecule has 0 heterocycles. The van der Waals surface area contributed by atoms with Crippen molar-refractivity contribution in [3.63, 3.8) is 0 Å². The van der Waals surface area contributed by atoms with Crippen LogP contribution in [0, 0.1) is 5.92 Å². The first-order chi connectivity index (χ1) is 8.77. The third-order valence-electron chi connectivity index (χ3n) is 4.42. The molecule has 1 unspecified atom stereocenters. The van der Waals surface area contributed by atoms with Crippen molar-refractivity contribution in [3.05, 3.63) is 35.9 Å². The number of rotatable bonds is 4. The summed E-state index contributed by atoms with van der Waals surface area (Å²) in [4.78, 5) is 0. The summed E-state index contributed by atoms with van der Waals surface area (Å²) in [5.74, 6) is 0.874. The van der Waals surface area contributed by atoms with Crippen LogP contribution in [-0.2, 0) is 0 Å². The van der Waals surface area contributed by atoms with Crippen molar-refractivity contribution in [1.82, 2.24) is 5.32 Å². The quantitative estimate of drug-likeness (QED) is 0.758. The second-order valence-corrected chi connectivity index (χ2v) is 5.84. The fraction of sp³-hybridized carbons (Fsp3) is 0.647. The lowest BCUT2D eigenvalue weighted by molar-refractivity contribution is 0.316. The Morgan fingerprint density at radius 1 is 0.944 bits per heavy atom. The van der Waals surface area contributed by atoms with Crippen LogP contribution in [0.4, 0.5) is 0 Å². The third kappa shape index (κ3) is 3.84. The van der Waals surface area contributed by atoms with Crippen molar-refractivity contribution in [2.45, 2.75) is 64.5 Å². The minimum Gasteiger partial charge on any atom is -0.307 e. The Balaban J connectivity index is 1.88. The average molecular weight is 245 g/mol. The van der Waals surface area contributed by atoms with E-state index in [9.17, 15) is 0 Å². The van der Waals surface area contributed by atoms with E-state index < -0.39 is 0 Å². The molecule has 1 aromatic carbocycles. The van der Waals surface area contributed by atoms with Crippen molar-refractivity contribution in [2.24, 2.45) is 5.92 Å². The smallest absolute Gasteiger partial charge is 0.0294 e. The number of nitrogens with one attached hydrogen (secondary N) is 1. The minimum absolute atomic E-state index is 0.462. The average Bonchev–Trinajstić information content (AvgIpc) is 2.68. The SMILES string of the molecule is CC(N[C@@H](C)C1CCCCCC1)c1ccccc1. The Hall–Kier alpha value is -0.820. The van der Waals surface area contributed by atoms with E-state index in [-0.39, 0.29) is 0 Å². The summed E-state index contributed by atoms with van der Waals surface area (Å²) in [5, 5.41) is 3.79. The van der Waals surface area contributed by atoms with Crippen molar-refractivity contribution in [1.29, 1.82) is 0 Å². The summed E-state index contributed by atoms with van der Waals surface area (Å²) in [5.41, 5.74) is 1.40. The molecule has 2 atom stereocenters. The molecule has 0 amide bonds. The van der Waals surface area contributed by atoms with Crippen molar-refractivity contribution < 1.29 is 0 Å². The fourth-order valence-corrected chi connectivity index (χ4v) is 3.18. The molecule has 1 fully saturated rings. The molecule has 1 N–H and O–H groups in total. The van der Waals surface area contributed by atoms with Gasteiger partial charge in [0.05, 0.1) is 0 Å². The molecule has 100 valence electrons. The van der Waals surface area contributed by atoms with Gasteiger partial charge in [-0.25, -0.2) is 0 Å². The van der Waals surface area contributed by atoms with E-state index in [4.69, 9.17) is 0 Å². The molecule has 1 aliphatic carbocycles. The van der Waals surface area contributed by atoms with E-state index in [1.165, 1.54) is 44.1 Å². The Morgan fingerprint density at radius 2 is 1.56 bits per heavy atom. The van der Waals surface area contributed by atoms with Crippen LogP contribution in [0.25, 0.3) is 0 Å². The fourth-order valence-electron chi connectivity index (χ4n) is 3.18. The summed E-state index contributed by atoms with van der Waals surface area (Å²) in [6, 6.07) is 11.9. The maximum Gasteiger partial charge on any atom is 0.0294 e. The zero-order valence-corrected chi connectivity index (χ0v) is 11.9. The molecule has 1 aliphatic rings. The van der Waals surface area contributed by atoms with Gasteiger partial charge in [-0.15, -0.1) is 0 Å². The molecule has 1 nitrogen and oxygen atoms in total. The first-order valence-electron chi connectivity index (χ1n) is 7.58. The van der Waals surface area contributed by atoms with Gasteiger partial charge in [0.15, 0.2) is 0 Å². The molecular weight excluding hydrogens is 218 g/mol. The zero-order chi connectivity index (χ0) is 12.8. The molecule has 0 radical (unpaired) electrons. The van der Waals surface area contributed by atoms with Gasteiger partial charge < -0.3 is 5.32 Å². The second-order valence-electron chi connectivity index (χ2n) is 5.84. The van der Waals surface area contributed by atoms with Crippen molar-refractivity contribution in [3.8, 4) is 0 Å². The molecule has 18 heavy (non-hydrogen) atoms. The summed E-state index contributed by atoms with van der Waals surface area (Å²) < 4.78 is 0. The van der Waals surface area contributed by atoms with Crippen LogP contribution in [0.2, 0.25) is 0 Å². The van der Waals surface area contributed by atoms with Gasteiger partial charge in [0.1, 0.15) is 0 Å². The van der Waals surface area contributed by atoms with Gasteiger partial charge in [0.2, 0.25) is 0 Å². The largest absolute Gasteiger partial charge is 0.307 e. The van der Waals surface area contributed by atoms with Gasteiger partial charge in [-0.1, -0.05) is 56.0 Å². The Morgan fingerprint density at radius 3 is 2.17 bits per heavy atom. The lowest BCUT2D eigenvalue weighted by atomic mass is 9.92. The van der Waals surface area contributed by atoms with E-state index in [2.05, 4.69) is 49.5 Å². The Labute approximate surface area is 112 Å². The van der Waals surface area contributed by atoms with Crippen LogP contribution in [0.3, 0.4) is 0 Å². The molecule has 0 bridgehead atoms. The standard InChI is InChI=1S/C17H27N/c1-14(16-10-6-3-4-7-11-16)18-15(2)17-12-8-5-9-13-17/h5,8-9,12-16,18H,3-4,6-7,10-11H2,1-2H3/t14-,15?/m0/s1. The summed E-state index contributed by atoms with van der Waals surface area (Å²) in [7, 11) is 0. The zero-order valence-electron chi connectivity index (χ0n) is 11.9. The first-order valence-corrected chi connectivity index (χ1v) is 7.58. The number of hydrogen-bond donors (Lipinski definition) is 1. The van der Waals surface area contributed by atoms with Gasteiger partial charge in [-0.2, -0.15) is 0 Å². The van der Waals surface area contributed by atoms with E-state index in [0.29, 0.717) is 12.1 Å². The molecule has 0 aliphatic heterocycles. The van der Waals surface area contributed by atoms with Crippen LogP contribution < -0.4 is 5.32 Å². The normalized spacial score (nSPS) is 21.2. The van der Waals surface area contributed by atoms with Crippen LogP contribution in [-0.4, -0.2) is 6.04 Å². The predicted molar refractivity (Wildman–Crippen MR) is 78.6 cm³/mol. The molecule has 0 aromatic heterocycles. The van der Waals surface area contributed by atoms with Crippen LogP contribution in [0.15, 0.2) is 30.3 Å². The lowest BCUT2D eigenvalue weighted by Crippen LogP contribution is -2.35. The van der Waals surface area contributed by atoms with Crippen LogP contribution in [0.5, 0.6) is 0 Å². The van der Waals surface area contributed by atoms with E-state index in [0.717, 1.165) is 5.92 Å². The van der Waals surface area contributed by atoms with Gasteiger partial charge in [0.25, 0.3) is 0 Å². The monoisotopic (exact) mass is 245 g/mol. The van der Waals surface area contributed by atoms with E-state index in [1.54, 1.807) is 0 Å². The van der Waals surface area contributed by atoms with E-state index >= 15 is 0 Å². The maximum absolute atomic E-state index is 3.79. The van der Waals surface area contributed by atoms with Gasteiger partial charge in [0, 0.05) is 12.1 Å². The molecule has 0 saturated heterocycles. The molecular formula is C17H27N.